The minimum absolute atomic E-state index is 0.104. The van der Waals surface area contributed by atoms with Gasteiger partial charge in [-0.05, 0) is 30.3 Å². The number of nitrogens with one attached hydrogen (secondary N) is 1. The number of sulfonamides is 1. The van der Waals surface area contributed by atoms with Crippen molar-refractivity contribution in [1.29, 1.82) is 0 Å². The number of hydrogen-bond acceptors (Lipinski definition) is 8. The third-order valence-electron chi connectivity index (χ3n) is 4.21. The van der Waals surface area contributed by atoms with Gasteiger partial charge >= 0.3 is 0 Å². The third kappa shape index (κ3) is 5.51. The fourth-order valence-corrected chi connectivity index (χ4v) is 4.06. The molecule has 1 aromatic heterocycles. The highest BCUT2D eigenvalue weighted by molar-refractivity contribution is 7.92. The van der Waals surface area contributed by atoms with Gasteiger partial charge in [-0.1, -0.05) is 12.1 Å². The zero-order valence-corrected chi connectivity index (χ0v) is 17.6. The van der Waals surface area contributed by atoms with Gasteiger partial charge in [-0.25, -0.2) is 8.42 Å². The largest absolute Gasteiger partial charge is 0.393 e. The van der Waals surface area contributed by atoms with Gasteiger partial charge in [0.2, 0.25) is 11.9 Å². The molecule has 1 aromatic carbocycles. The lowest BCUT2D eigenvalue weighted by atomic mass is 10.1. The van der Waals surface area contributed by atoms with Gasteiger partial charge in [0.25, 0.3) is 21.3 Å². The van der Waals surface area contributed by atoms with Crippen molar-refractivity contribution in [3.8, 4) is 0 Å². The molecule has 0 spiro atoms. The second-order valence-corrected chi connectivity index (χ2v) is 8.10. The van der Waals surface area contributed by atoms with Gasteiger partial charge in [0, 0.05) is 18.2 Å². The average molecular weight is 467 g/mol. The van der Waals surface area contributed by atoms with Gasteiger partial charge < -0.3 is 22.0 Å². The molecule has 1 heterocycles. The Morgan fingerprint density at radius 3 is 2.50 bits per heavy atom. The van der Waals surface area contributed by atoms with E-state index >= 15 is 0 Å². The zero-order chi connectivity index (χ0) is 24.1. The Kier molecular flexibility index (Phi) is 7.37. The number of rotatable bonds is 10. The van der Waals surface area contributed by atoms with Crippen LogP contribution < -0.4 is 27.5 Å². The maximum absolute atomic E-state index is 13.0. The van der Waals surface area contributed by atoms with Gasteiger partial charge in [-0.3, -0.25) is 29.0 Å². The number of amides is 1. The summed E-state index contributed by atoms with van der Waals surface area (Å²) in [5, 5.41) is 14.5. The number of aryl methyl sites for hydroxylation is 1. The first-order valence-electron chi connectivity index (χ1n) is 8.94. The number of aromatic nitrogens is 1. The predicted molar refractivity (Wildman–Crippen MR) is 114 cm³/mol. The highest BCUT2D eigenvalue weighted by Crippen LogP contribution is 2.25. The highest BCUT2D eigenvalue weighted by Gasteiger charge is 2.28. The van der Waals surface area contributed by atoms with Crippen molar-refractivity contribution in [2.75, 3.05) is 11.3 Å². The fourth-order valence-electron chi connectivity index (χ4n) is 2.83. The van der Waals surface area contributed by atoms with E-state index in [-0.39, 0.29) is 19.0 Å². The van der Waals surface area contributed by atoms with Gasteiger partial charge in [0.1, 0.15) is 18.3 Å². The standard InChI is InChI=1S/C17H21N7O7S/c1-10-6-7-11(22-32(29,30)14-5-3-2-4-12(14)24(27)28)16(26)23(10)13(15(18)25)8-9-31-21-17(19)20/h2-7,13,22H,8-9H2,1H3,(H2,18,25)(H4,19,20,21). The van der Waals surface area contributed by atoms with Crippen LogP contribution in [0.1, 0.15) is 18.2 Å². The van der Waals surface area contributed by atoms with Crippen LogP contribution in [0.2, 0.25) is 0 Å². The number of para-hydroxylation sites is 1. The summed E-state index contributed by atoms with van der Waals surface area (Å²) in [4.78, 5) is 39.5. The van der Waals surface area contributed by atoms with E-state index in [1.807, 2.05) is 4.72 Å². The van der Waals surface area contributed by atoms with Gasteiger partial charge in [0.15, 0.2) is 4.90 Å². The van der Waals surface area contributed by atoms with Gasteiger partial charge in [-0.15, -0.1) is 0 Å². The Balaban J connectivity index is 2.45. The molecular weight excluding hydrogens is 446 g/mol. The molecule has 0 fully saturated rings. The molecule has 1 amide bonds. The Labute approximate surface area is 181 Å². The molecule has 15 heteroatoms. The number of primary amides is 1. The summed E-state index contributed by atoms with van der Waals surface area (Å²) in [6.07, 6.45) is -0.104. The van der Waals surface area contributed by atoms with E-state index in [0.717, 1.165) is 16.7 Å². The smallest absolute Gasteiger partial charge is 0.289 e. The molecule has 14 nitrogen and oxygen atoms in total. The molecule has 2 aromatic rings. The molecule has 0 saturated carbocycles. The van der Waals surface area contributed by atoms with E-state index in [0.29, 0.717) is 5.69 Å². The number of oxime groups is 1. The molecule has 7 N–H and O–H groups in total. The number of carbonyl (C=O) groups is 1. The molecule has 0 aliphatic rings. The number of hydrogen-bond donors (Lipinski definition) is 4. The fraction of sp³-hybridized carbons (Fsp3) is 0.235. The van der Waals surface area contributed by atoms with E-state index in [1.54, 1.807) is 0 Å². The predicted octanol–water partition coefficient (Wildman–Crippen LogP) is -0.513. The number of nitro benzene ring substituents is 1. The van der Waals surface area contributed by atoms with Crippen molar-refractivity contribution in [3.05, 3.63) is 62.6 Å². The van der Waals surface area contributed by atoms with Crippen LogP contribution in [0, 0.1) is 17.0 Å². The lowest BCUT2D eigenvalue weighted by Gasteiger charge is -2.20. The van der Waals surface area contributed by atoms with E-state index in [2.05, 4.69) is 5.16 Å². The Bertz CT molecular complexity index is 1220. The van der Waals surface area contributed by atoms with Crippen LogP contribution in [-0.4, -0.2) is 36.4 Å². The SMILES string of the molecule is Cc1ccc(NS(=O)(=O)c2ccccc2[N+](=O)[O-])c(=O)n1C(CCON=C(N)N)C(N)=O. The molecule has 32 heavy (non-hydrogen) atoms. The third-order valence-corrected chi connectivity index (χ3v) is 5.62. The Morgan fingerprint density at radius 1 is 1.25 bits per heavy atom. The van der Waals surface area contributed by atoms with Crippen molar-refractivity contribution in [3.63, 3.8) is 0 Å². The summed E-state index contributed by atoms with van der Waals surface area (Å²) < 4.78 is 28.5. The zero-order valence-electron chi connectivity index (χ0n) is 16.8. The average Bonchev–Trinajstić information content (AvgIpc) is 2.71. The quantitative estimate of drug-likeness (QED) is 0.116. The second-order valence-electron chi connectivity index (χ2n) is 6.45. The van der Waals surface area contributed by atoms with E-state index < -0.39 is 48.7 Å². The summed E-state index contributed by atoms with van der Waals surface area (Å²) in [6.45, 7) is 1.33. The van der Waals surface area contributed by atoms with Crippen LogP contribution in [0.5, 0.6) is 0 Å². The molecule has 2 rings (SSSR count). The topological polar surface area (TPSA) is 228 Å². The minimum Gasteiger partial charge on any atom is -0.393 e. The van der Waals surface area contributed by atoms with E-state index in [4.69, 9.17) is 22.0 Å². The molecule has 1 atom stereocenters. The summed E-state index contributed by atoms with van der Waals surface area (Å²) in [5.74, 6) is -1.23. The number of pyridine rings is 1. The second kappa shape index (κ2) is 9.78. The molecule has 172 valence electrons. The molecule has 0 saturated heterocycles. The van der Waals surface area contributed by atoms with E-state index in [9.17, 15) is 28.1 Å². The maximum atomic E-state index is 13.0. The van der Waals surface area contributed by atoms with Crippen LogP contribution in [0.3, 0.4) is 0 Å². The number of nitrogens with zero attached hydrogens (tertiary/aromatic N) is 3. The van der Waals surface area contributed by atoms with Crippen molar-refractivity contribution in [2.24, 2.45) is 22.4 Å². The lowest BCUT2D eigenvalue weighted by Crippen LogP contribution is -2.37. The monoisotopic (exact) mass is 467 g/mol. The number of nitrogens with two attached hydrogens (primary N) is 3. The Hall–Kier alpha value is -4.14. The maximum Gasteiger partial charge on any atom is 0.289 e. The molecular formula is C17H21N7O7S. The van der Waals surface area contributed by atoms with Crippen molar-refractivity contribution < 1.29 is 23.0 Å². The first-order chi connectivity index (χ1) is 15.0. The highest BCUT2D eigenvalue weighted by atomic mass is 32.2. The molecule has 1 unspecified atom stereocenters. The van der Waals surface area contributed by atoms with Crippen LogP contribution in [0.4, 0.5) is 11.4 Å². The van der Waals surface area contributed by atoms with Crippen molar-refractivity contribution in [1.82, 2.24) is 4.57 Å². The van der Waals surface area contributed by atoms with Crippen molar-refractivity contribution in [2.45, 2.75) is 24.3 Å². The minimum atomic E-state index is -4.51. The van der Waals surface area contributed by atoms with Crippen LogP contribution >= 0.6 is 0 Å². The summed E-state index contributed by atoms with van der Waals surface area (Å²) in [7, 11) is -4.51. The molecule has 0 aliphatic heterocycles. The van der Waals surface area contributed by atoms with Crippen LogP contribution in [0.25, 0.3) is 0 Å². The van der Waals surface area contributed by atoms with Gasteiger partial charge in [-0.2, -0.15) is 0 Å². The van der Waals surface area contributed by atoms with Crippen LogP contribution in [0.15, 0.2) is 51.2 Å². The summed E-state index contributed by atoms with van der Waals surface area (Å²) in [5.41, 5.74) is 14.0. The number of carbonyl (C=O) groups excluding carboxylic acids is 1. The first-order valence-corrected chi connectivity index (χ1v) is 10.4. The number of guanidine groups is 1. The first kappa shape index (κ1) is 24.1. The van der Waals surface area contributed by atoms with E-state index in [1.165, 1.54) is 31.2 Å². The summed E-state index contributed by atoms with van der Waals surface area (Å²) >= 11 is 0. The summed E-state index contributed by atoms with van der Waals surface area (Å²) in [6, 6.07) is 5.99. The van der Waals surface area contributed by atoms with Gasteiger partial charge in [0.05, 0.1) is 4.92 Å². The molecule has 0 radical (unpaired) electrons. The van der Waals surface area contributed by atoms with Crippen LogP contribution in [-0.2, 0) is 19.7 Å². The number of nitro groups is 1. The Morgan fingerprint density at radius 2 is 1.91 bits per heavy atom. The number of anilines is 1. The normalized spacial score (nSPS) is 11.9. The molecule has 0 bridgehead atoms. The van der Waals surface area contributed by atoms with Crippen molar-refractivity contribution >= 4 is 33.3 Å². The molecule has 0 aliphatic carbocycles. The number of benzene rings is 1. The lowest BCUT2D eigenvalue weighted by molar-refractivity contribution is -0.387.